The van der Waals surface area contributed by atoms with Gasteiger partial charge in [0.05, 0.1) is 28.9 Å². The molecule has 0 spiro atoms. The summed E-state index contributed by atoms with van der Waals surface area (Å²) in [5.74, 6) is 0.0297. The third-order valence-electron chi connectivity index (χ3n) is 5.67. The molecule has 1 saturated heterocycles. The number of H-pyrrole nitrogens is 1. The van der Waals surface area contributed by atoms with E-state index in [1.165, 1.54) is 0 Å². The fourth-order valence-electron chi connectivity index (χ4n) is 4.20. The zero-order valence-electron chi connectivity index (χ0n) is 19.6. The molecule has 0 aliphatic carbocycles. The molecule has 1 aliphatic heterocycles. The Morgan fingerprint density at radius 2 is 2.00 bits per heavy atom. The number of benzene rings is 1. The van der Waals surface area contributed by atoms with E-state index in [2.05, 4.69) is 15.6 Å². The van der Waals surface area contributed by atoms with E-state index in [0.717, 1.165) is 5.69 Å². The number of amides is 3. The first-order valence-corrected chi connectivity index (χ1v) is 11.3. The Balaban J connectivity index is 1.63. The maximum absolute atomic E-state index is 12.6. The molecule has 11 nitrogen and oxygen atoms in total. The molecule has 0 radical (unpaired) electrons. The highest BCUT2D eigenvalue weighted by atomic mass is 16.6. The number of aromatic nitrogens is 3. The maximum Gasteiger partial charge on any atom is 0.410 e. The van der Waals surface area contributed by atoms with Crippen molar-refractivity contribution < 1.29 is 19.4 Å². The van der Waals surface area contributed by atoms with E-state index in [0.29, 0.717) is 48.2 Å². The predicted octanol–water partition coefficient (Wildman–Crippen LogP) is 2.40. The van der Waals surface area contributed by atoms with Crippen LogP contribution in [0.25, 0.3) is 16.6 Å². The van der Waals surface area contributed by atoms with Crippen LogP contribution in [0.15, 0.2) is 29.1 Å². The fourth-order valence-corrected chi connectivity index (χ4v) is 4.20. The number of aliphatic hydroxyl groups is 1. The van der Waals surface area contributed by atoms with Crippen molar-refractivity contribution in [3.8, 4) is 0 Å². The molecule has 3 amide bonds. The molecule has 1 aromatic carbocycles. The Kier molecular flexibility index (Phi) is 6.47. The second-order valence-corrected chi connectivity index (χ2v) is 9.36. The predicted molar refractivity (Wildman–Crippen MR) is 127 cm³/mol. The number of piperidine rings is 1. The lowest BCUT2D eigenvalue weighted by Crippen LogP contribution is -2.41. The van der Waals surface area contributed by atoms with Gasteiger partial charge >= 0.3 is 12.1 Å². The van der Waals surface area contributed by atoms with Gasteiger partial charge in [-0.15, -0.1) is 0 Å². The average molecular weight is 471 g/mol. The largest absolute Gasteiger partial charge is 0.444 e. The second kappa shape index (κ2) is 9.34. The minimum absolute atomic E-state index is 0.0297. The van der Waals surface area contributed by atoms with Gasteiger partial charge in [-0.25, -0.2) is 14.1 Å². The normalized spacial score (nSPS) is 15.0. The topological polar surface area (TPSA) is 141 Å². The van der Waals surface area contributed by atoms with Crippen LogP contribution < -0.4 is 16.2 Å². The summed E-state index contributed by atoms with van der Waals surface area (Å²) in [5.41, 5.74) is 1.55. The minimum Gasteiger partial charge on any atom is -0.444 e. The van der Waals surface area contributed by atoms with E-state index in [-0.39, 0.29) is 30.7 Å². The van der Waals surface area contributed by atoms with Crippen LogP contribution in [0.1, 0.15) is 45.2 Å². The van der Waals surface area contributed by atoms with Crippen molar-refractivity contribution in [2.24, 2.45) is 0 Å². The van der Waals surface area contributed by atoms with Crippen LogP contribution in [0, 0.1) is 0 Å². The van der Waals surface area contributed by atoms with Gasteiger partial charge in [-0.05, 0) is 45.7 Å². The van der Waals surface area contributed by atoms with E-state index < -0.39 is 11.6 Å². The quantitative estimate of drug-likeness (QED) is 0.461. The molecule has 0 unspecified atom stereocenters. The van der Waals surface area contributed by atoms with E-state index in [4.69, 9.17) is 14.9 Å². The van der Waals surface area contributed by atoms with Gasteiger partial charge in [0, 0.05) is 31.6 Å². The van der Waals surface area contributed by atoms with Crippen molar-refractivity contribution in [2.75, 3.05) is 31.6 Å². The first kappa shape index (κ1) is 23.6. The van der Waals surface area contributed by atoms with Gasteiger partial charge in [0.2, 0.25) is 0 Å². The smallest absolute Gasteiger partial charge is 0.410 e. The lowest BCUT2D eigenvalue weighted by atomic mass is 9.93. The Morgan fingerprint density at radius 1 is 1.26 bits per heavy atom. The molecule has 3 heterocycles. The molecule has 182 valence electrons. The number of nitrogens with one attached hydrogen (secondary N) is 3. The first-order valence-electron chi connectivity index (χ1n) is 11.3. The molecular formula is C23H30N6O5. The van der Waals surface area contributed by atoms with E-state index in [9.17, 15) is 14.4 Å². The molecule has 2 aromatic heterocycles. The summed E-state index contributed by atoms with van der Waals surface area (Å²) < 4.78 is 7.20. The molecule has 1 fully saturated rings. The van der Waals surface area contributed by atoms with Gasteiger partial charge < -0.3 is 30.4 Å². The number of rotatable bonds is 4. The summed E-state index contributed by atoms with van der Waals surface area (Å²) in [5, 5.41) is 19.5. The highest BCUT2D eigenvalue weighted by Gasteiger charge is 2.29. The minimum atomic E-state index is -0.553. The number of aromatic amines is 1. The van der Waals surface area contributed by atoms with Gasteiger partial charge in [0.15, 0.2) is 0 Å². The molecule has 4 rings (SSSR count). The van der Waals surface area contributed by atoms with Crippen molar-refractivity contribution in [3.05, 3.63) is 40.3 Å². The van der Waals surface area contributed by atoms with Crippen LogP contribution in [0.4, 0.5) is 15.3 Å². The third-order valence-corrected chi connectivity index (χ3v) is 5.67. The Morgan fingerprint density at radius 3 is 2.68 bits per heavy atom. The van der Waals surface area contributed by atoms with Crippen molar-refractivity contribution >= 4 is 34.4 Å². The summed E-state index contributed by atoms with van der Waals surface area (Å²) in [6.45, 7) is 6.52. The second-order valence-electron chi connectivity index (χ2n) is 9.36. The number of hydrogen-bond acceptors (Lipinski definition) is 6. The number of urea groups is 1. The maximum atomic E-state index is 12.6. The standard InChI is InChI=1S/C23H30N6O5/c1-23(2,3)34-22(33)28-10-7-14(8-11-28)17-13-18(31)26-20-19-15(25-21(32)24-9-12-30)5-4-6-16(19)27-29(17)20/h4-6,13-14,30H,7-12H2,1-3H3,(H,26,31)(H2,24,25,32). The summed E-state index contributed by atoms with van der Waals surface area (Å²) >= 11 is 0. The van der Waals surface area contributed by atoms with Gasteiger partial charge in [0.25, 0.3) is 5.56 Å². The molecule has 11 heteroatoms. The van der Waals surface area contributed by atoms with Crippen LogP contribution in [0.5, 0.6) is 0 Å². The number of carbonyl (C=O) groups is 2. The molecular weight excluding hydrogens is 440 g/mol. The van der Waals surface area contributed by atoms with Crippen LogP contribution in [0.2, 0.25) is 0 Å². The number of likely N-dealkylation sites (tertiary alicyclic amines) is 1. The zero-order chi connectivity index (χ0) is 24.5. The molecule has 34 heavy (non-hydrogen) atoms. The molecule has 0 bridgehead atoms. The summed E-state index contributed by atoms with van der Waals surface area (Å²) in [6, 6.07) is 6.40. The molecule has 0 saturated carbocycles. The van der Waals surface area contributed by atoms with Crippen LogP contribution >= 0.6 is 0 Å². The SMILES string of the molecule is CC(C)(C)OC(=O)N1CCC(c2cc(=O)[nH]c3c4c(NC(=O)NCCO)cccc4nn23)CC1. The van der Waals surface area contributed by atoms with Crippen molar-refractivity contribution in [1.82, 2.24) is 24.8 Å². The number of ether oxygens (including phenoxy) is 1. The van der Waals surface area contributed by atoms with Crippen LogP contribution in [-0.2, 0) is 4.74 Å². The molecule has 0 atom stereocenters. The lowest BCUT2D eigenvalue weighted by Gasteiger charge is -2.33. The van der Waals surface area contributed by atoms with Gasteiger partial charge in [-0.1, -0.05) is 6.07 Å². The number of hydrogen-bond donors (Lipinski definition) is 4. The van der Waals surface area contributed by atoms with E-state index in [1.807, 2.05) is 26.8 Å². The van der Waals surface area contributed by atoms with Gasteiger partial charge in [-0.3, -0.25) is 4.79 Å². The average Bonchev–Trinajstić information content (AvgIpc) is 3.15. The van der Waals surface area contributed by atoms with Crippen molar-refractivity contribution in [2.45, 2.75) is 45.1 Å². The van der Waals surface area contributed by atoms with E-state index >= 15 is 0 Å². The zero-order valence-corrected chi connectivity index (χ0v) is 19.6. The third kappa shape index (κ3) is 4.98. The number of carbonyl (C=O) groups excluding carboxylic acids is 2. The lowest BCUT2D eigenvalue weighted by molar-refractivity contribution is 0.0203. The molecule has 3 aromatic rings. The number of aliphatic hydroxyl groups excluding tert-OH is 1. The van der Waals surface area contributed by atoms with Crippen LogP contribution in [-0.4, -0.2) is 68.6 Å². The summed E-state index contributed by atoms with van der Waals surface area (Å²) in [7, 11) is 0. The highest BCUT2D eigenvalue weighted by Crippen LogP contribution is 2.32. The summed E-state index contributed by atoms with van der Waals surface area (Å²) in [4.78, 5) is 41.7. The molecule has 4 N–H and O–H groups in total. The van der Waals surface area contributed by atoms with Crippen molar-refractivity contribution in [1.29, 1.82) is 0 Å². The van der Waals surface area contributed by atoms with E-state index in [1.54, 1.807) is 27.6 Å². The fraction of sp³-hybridized carbons (Fsp3) is 0.478. The number of anilines is 1. The Hall–Kier alpha value is -3.60. The monoisotopic (exact) mass is 470 g/mol. The first-order chi connectivity index (χ1) is 16.2. The van der Waals surface area contributed by atoms with Gasteiger partial charge in [0.1, 0.15) is 11.2 Å². The van der Waals surface area contributed by atoms with Gasteiger partial charge in [-0.2, -0.15) is 5.10 Å². The Labute approximate surface area is 196 Å². The van der Waals surface area contributed by atoms with Crippen molar-refractivity contribution in [3.63, 3.8) is 0 Å². The number of fused-ring (bicyclic) bond motifs is 3. The Bertz CT molecular complexity index is 1270. The molecule has 1 aliphatic rings. The summed E-state index contributed by atoms with van der Waals surface area (Å²) in [6.07, 6.45) is 1.01. The number of nitrogens with zero attached hydrogens (tertiary/aromatic N) is 3. The highest BCUT2D eigenvalue weighted by molar-refractivity contribution is 6.07. The van der Waals surface area contributed by atoms with Crippen LogP contribution in [0.3, 0.4) is 0 Å².